The van der Waals surface area contributed by atoms with Crippen LogP contribution < -0.4 is 15.5 Å². The van der Waals surface area contributed by atoms with Crippen LogP contribution in [0, 0.1) is 18.6 Å². The Bertz CT molecular complexity index is 2500. The molecule has 2 aromatic carbocycles. The first-order valence-corrected chi connectivity index (χ1v) is 21.3. The molecule has 312 valence electrons. The molecule has 14 nitrogen and oxygen atoms in total. The molecule has 3 saturated heterocycles. The summed E-state index contributed by atoms with van der Waals surface area (Å²) < 4.78 is 33.1. The van der Waals surface area contributed by atoms with Gasteiger partial charge in [0.15, 0.2) is 11.6 Å². The molecule has 4 aliphatic rings. The number of carbonyl (C=O) groups excluding carboxylic acids is 3. The van der Waals surface area contributed by atoms with E-state index in [4.69, 9.17) is 0 Å². The number of aryl methyl sites for hydroxylation is 1. The summed E-state index contributed by atoms with van der Waals surface area (Å²) in [5, 5.41) is 5.45. The third-order valence-electron chi connectivity index (χ3n) is 12.3. The average Bonchev–Trinajstić information content (AvgIpc) is 3.74. The molecule has 17 heteroatoms. The van der Waals surface area contributed by atoms with E-state index < -0.39 is 23.6 Å². The fourth-order valence-electron chi connectivity index (χ4n) is 9.23. The lowest BCUT2D eigenvalue weighted by Gasteiger charge is -2.43. The van der Waals surface area contributed by atoms with E-state index in [1.165, 1.54) is 6.07 Å². The third kappa shape index (κ3) is 7.73. The molecule has 0 spiro atoms. The molecule has 0 aliphatic carbocycles. The van der Waals surface area contributed by atoms with E-state index in [1.807, 2.05) is 49.7 Å². The van der Waals surface area contributed by atoms with Gasteiger partial charge in [-0.1, -0.05) is 22.0 Å². The van der Waals surface area contributed by atoms with Crippen LogP contribution in [-0.2, 0) is 22.7 Å². The van der Waals surface area contributed by atoms with Gasteiger partial charge >= 0.3 is 0 Å². The van der Waals surface area contributed by atoms with Gasteiger partial charge in [-0.2, -0.15) is 0 Å². The number of imide groups is 1. The Kier molecular flexibility index (Phi) is 10.8. The minimum absolute atomic E-state index is 0.0177. The molecule has 0 bridgehead atoms. The van der Waals surface area contributed by atoms with Crippen LogP contribution in [0.2, 0.25) is 0 Å². The smallest absolute Gasteiger partial charge is 0.255 e. The molecule has 7 heterocycles. The Morgan fingerprint density at radius 1 is 0.917 bits per heavy atom. The van der Waals surface area contributed by atoms with Gasteiger partial charge < -0.3 is 19.7 Å². The second-order valence-electron chi connectivity index (χ2n) is 16.4. The van der Waals surface area contributed by atoms with Gasteiger partial charge in [0.1, 0.15) is 28.9 Å². The summed E-state index contributed by atoms with van der Waals surface area (Å²) in [7, 11) is 0. The van der Waals surface area contributed by atoms with Gasteiger partial charge in [0.05, 0.1) is 23.6 Å². The quantitative estimate of drug-likeness (QED) is 0.166. The summed E-state index contributed by atoms with van der Waals surface area (Å²) in [4.78, 5) is 63.9. The predicted octanol–water partition coefficient (Wildman–Crippen LogP) is 6.11. The van der Waals surface area contributed by atoms with E-state index in [0.29, 0.717) is 47.3 Å². The number of anilines is 3. The van der Waals surface area contributed by atoms with E-state index in [9.17, 15) is 14.4 Å². The summed E-state index contributed by atoms with van der Waals surface area (Å²) in [6, 6.07) is 10.7. The van der Waals surface area contributed by atoms with Crippen LogP contribution in [0.1, 0.15) is 72.9 Å². The van der Waals surface area contributed by atoms with E-state index in [-0.39, 0.29) is 41.4 Å². The van der Waals surface area contributed by atoms with Crippen molar-refractivity contribution in [2.24, 2.45) is 0 Å². The SMILES string of the molecule is Cc1nc2c(F)cc(-c3nc(Nc4ccc(N5CCC(N6CCN(Cc7cc8c(cc7Br)C(=O)N(C7CCC(=O)NC7=O)C8)CC6)CC5)cn4)ncc3F)cc2n1C(C)C. The molecular formula is C43H46BrF2N11O3. The topological polar surface area (TPSA) is 145 Å². The van der Waals surface area contributed by atoms with Crippen molar-refractivity contribution in [2.75, 3.05) is 49.5 Å². The molecular weight excluding hydrogens is 836 g/mol. The molecule has 1 atom stereocenters. The zero-order valence-corrected chi connectivity index (χ0v) is 35.3. The summed E-state index contributed by atoms with van der Waals surface area (Å²) in [6.45, 7) is 12.6. The van der Waals surface area contributed by atoms with Gasteiger partial charge in [-0.15, -0.1) is 0 Å². The van der Waals surface area contributed by atoms with Crippen LogP contribution in [0.15, 0.2) is 53.3 Å². The second-order valence-corrected chi connectivity index (χ2v) is 17.3. The highest BCUT2D eigenvalue weighted by Crippen LogP contribution is 2.34. The molecule has 5 aromatic rings. The maximum absolute atomic E-state index is 15.2. The summed E-state index contributed by atoms with van der Waals surface area (Å²) >= 11 is 3.71. The number of benzene rings is 2. The molecule has 3 aromatic heterocycles. The van der Waals surface area contributed by atoms with Crippen molar-refractivity contribution >= 4 is 62.1 Å². The summed E-state index contributed by atoms with van der Waals surface area (Å²) in [5.41, 5.74) is 4.77. The van der Waals surface area contributed by atoms with Gasteiger partial charge in [0.2, 0.25) is 17.8 Å². The normalized spacial score (nSPS) is 19.4. The van der Waals surface area contributed by atoms with E-state index >= 15 is 8.78 Å². The average molecular weight is 883 g/mol. The molecule has 3 fully saturated rings. The van der Waals surface area contributed by atoms with Crippen LogP contribution >= 0.6 is 15.9 Å². The first kappa shape index (κ1) is 40.0. The number of nitrogens with zero attached hydrogens (tertiary/aromatic N) is 9. The zero-order chi connectivity index (χ0) is 41.8. The highest BCUT2D eigenvalue weighted by atomic mass is 79.9. The van der Waals surface area contributed by atoms with E-state index in [2.05, 4.69) is 67.3 Å². The molecule has 1 unspecified atom stereocenters. The number of halogens is 3. The Hall–Kier alpha value is -5.39. The van der Waals surface area contributed by atoms with Crippen LogP contribution in [0.25, 0.3) is 22.3 Å². The lowest BCUT2D eigenvalue weighted by Crippen LogP contribution is -2.53. The van der Waals surface area contributed by atoms with Crippen LogP contribution in [0.3, 0.4) is 0 Å². The lowest BCUT2D eigenvalue weighted by molar-refractivity contribution is -0.136. The maximum Gasteiger partial charge on any atom is 0.255 e. The third-order valence-corrected chi connectivity index (χ3v) is 13.0. The fraction of sp³-hybridized carbons (Fsp3) is 0.419. The van der Waals surface area contributed by atoms with Gasteiger partial charge in [0.25, 0.3) is 5.91 Å². The van der Waals surface area contributed by atoms with Crippen molar-refractivity contribution in [2.45, 2.75) is 77.7 Å². The summed E-state index contributed by atoms with van der Waals surface area (Å²) in [5.74, 6) is -0.723. The number of hydrogen-bond acceptors (Lipinski definition) is 11. The molecule has 0 saturated carbocycles. The van der Waals surface area contributed by atoms with Gasteiger partial charge in [-0.25, -0.2) is 28.7 Å². The Balaban J connectivity index is 0.768. The number of nitrogens with one attached hydrogen (secondary N) is 2. The van der Waals surface area contributed by atoms with Crippen molar-refractivity contribution < 1.29 is 23.2 Å². The molecule has 4 aliphatic heterocycles. The largest absolute Gasteiger partial charge is 0.370 e. The van der Waals surface area contributed by atoms with E-state index in [0.717, 1.165) is 86.1 Å². The first-order chi connectivity index (χ1) is 28.9. The number of piperazine rings is 1. The number of pyridine rings is 1. The number of piperidine rings is 2. The number of fused-ring (bicyclic) bond motifs is 2. The van der Waals surface area contributed by atoms with Crippen LogP contribution in [-0.4, -0.2) is 108 Å². The minimum atomic E-state index is -0.661. The van der Waals surface area contributed by atoms with Crippen molar-refractivity contribution in [3.63, 3.8) is 0 Å². The molecule has 2 N–H and O–H groups in total. The highest BCUT2D eigenvalue weighted by molar-refractivity contribution is 9.10. The number of aromatic nitrogens is 5. The Morgan fingerprint density at radius 3 is 2.42 bits per heavy atom. The number of hydrogen-bond donors (Lipinski definition) is 2. The van der Waals surface area contributed by atoms with Crippen molar-refractivity contribution in [3.05, 3.63) is 87.4 Å². The molecule has 9 rings (SSSR count). The van der Waals surface area contributed by atoms with Crippen molar-refractivity contribution in [3.8, 4) is 11.3 Å². The Morgan fingerprint density at radius 2 is 1.70 bits per heavy atom. The van der Waals surface area contributed by atoms with Gasteiger partial charge in [0, 0.05) is 86.5 Å². The van der Waals surface area contributed by atoms with E-state index in [1.54, 1.807) is 11.0 Å². The number of imidazole rings is 1. The number of amides is 3. The second kappa shape index (κ2) is 16.2. The van der Waals surface area contributed by atoms with Gasteiger partial charge in [-0.3, -0.25) is 29.5 Å². The predicted molar refractivity (Wildman–Crippen MR) is 226 cm³/mol. The number of carbonyl (C=O) groups is 3. The van der Waals surface area contributed by atoms with Crippen molar-refractivity contribution in [1.82, 2.24) is 44.5 Å². The van der Waals surface area contributed by atoms with Gasteiger partial charge in [-0.05, 0) is 81.5 Å². The van der Waals surface area contributed by atoms with Crippen LogP contribution in [0.5, 0.6) is 0 Å². The molecule has 3 amide bonds. The highest BCUT2D eigenvalue weighted by Gasteiger charge is 2.39. The molecule has 0 radical (unpaired) electrons. The maximum atomic E-state index is 15.2. The minimum Gasteiger partial charge on any atom is -0.370 e. The van der Waals surface area contributed by atoms with Crippen LogP contribution in [0.4, 0.5) is 26.2 Å². The molecule has 60 heavy (non-hydrogen) atoms. The van der Waals surface area contributed by atoms with Crippen molar-refractivity contribution in [1.29, 1.82) is 0 Å². The summed E-state index contributed by atoms with van der Waals surface area (Å²) in [6.07, 6.45) is 5.57. The lowest BCUT2D eigenvalue weighted by atomic mass is 10.0. The first-order valence-electron chi connectivity index (χ1n) is 20.5. The standard InChI is InChI=1S/C43H46BrF2N11O3/c1-24(2)57-25(3)49-40-33(45)17-26(18-36(40)57)39-34(46)21-48-43(52-39)50-37-6-4-30(20-47-37)54-10-8-29(9-11-54)55-14-12-53(13-15-55)22-28-16-27-23-56(42(60)31(27)19-32(28)44)35-5-7-38(58)51-41(35)59/h4,6,16-21,24,29,35H,5,7-15,22-23H2,1-3H3,(H,51,58,59)(H,47,48,50,52). The number of rotatable bonds is 9. The zero-order valence-electron chi connectivity index (χ0n) is 33.7. The monoisotopic (exact) mass is 881 g/mol. The fourth-order valence-corrected chi connectivity index (χ4v) is 9.70. The Labute approximate surface area is 354 Å².